The van der Waals surface area contributed by atoms with E-state index in [0.29, 0.717) is 11.6 Å². The molecule has 0 aliphatic rings. The Morgan fingerprint density at radius 3 is 2.41 bits per heavy atom. The number of hydrogen-bond acceptors (Lipinski definition) is 4. The van der Waals surface area contributed by atoms with Gasteiger partial charge in [-0.25, -0.2) is 5.43 Å². The van der Waals surface area contributed by atoms with Gasteiger partial charge in [-0.15, -0.1) is 0 Å². The first-order chi connectivity index (χ1) is 13.7. The van der Waals surface area contributed by atoms with Crippen LogP contribution in [-0.4, -0.2) is 25.1 Å². The Labute approximate surface area is 172 Å². The van der Waals surface area contributed by atoms with Crippen molar-refractivity contribution in [2.75, 3.05) is 12.4 Å². The van der Waals surface area contributed by atoms with Crippen molar-refractivity contribution < 1.29 is 14.3 Å². The van der Waals surface area contributed by atoms with Crippen LogP contribution in [0.3, 0.4) is 0 Å². The van der Waals surface area contributed by atoms with Gasteiger partial charge >= 0.3 is 0 Å². The van der Waals surface area contributed by atoms with Gasteiger partial charge < -0.3 is 10.1 Å². The zero-order valence-electron chi connectivity index (χ0n) is 17.9. The number of amides is 2. The lowest BCUT2D eigenvalue weighted by atomic mass is 9.97. The summed E-state index contributed by atoms with van der Waals surface area (Å²) in [6.45, 7) is 10.0. The molecule has 6 heteroatoms. The van der Waals surface area contributed by atoms with Gasteiger partial charge in [0.2, 0.25) is 11.8 Å². The average molecular weight is 396 g/mol. The van der Waals surface area contributed by atoms with Crippen LogP contribution < -0.4 is 15.5 Å². The van der Waals surface area contributed by atoms with Crippen molar-refractivity contribution in [3.8, 4) is 5.75 Å². The predicted molar refractivity (Wildman–Crippen MR) is 117 cm³/mol. The maximum Gasteiger partial charge on any atom is 0.249 e. The zero-order chi connectivity index (χ0) is 21.6. The van der Waals surface area contributed by atoms with Gasteiger partial charge in [-0.05, 0) is 67.1 Å². The molecule has 0 aliphatic heterocycles. The number of hydrazone groups is 1. The Balaban J connectivity index is 1.97. The molecule has 2 aromatic carbocycles. The highest BCUT2D eigenvalue weighted by Crippen LogP contribution is 2.29. The standard InChI is InChI=1S/C23H29N3O3/c1-14(2)19-11-18(16(4)10-21(19)29-6)13-24-26-23(28)12-22(27)25-20-8-7-15(3)9-17(20)5/h7-11,13-14H,12H2,1-6H3,(H,25,27)(H,26,28). The van der Waals surface area contributed by atoms with Crippen LogP contribution in [0.5, 0.6) is 5.75 Å². The third-order valence-corrected chi connectivity index (χ3v) is 4.61. The molecule has 29 heavy (non-hydrogen) atoms. The fourth-order valence-corrected chi connectivity index (χ4v) is 2.99. The van der Waals surface area contributed by atoms with E-state index in [1.54, 1.807) is 13.3 Å². The number of carbonyl (C=O) groups excluding carboxylic acids is 2. The van der Waals surface area contributed by atoms with Crippen molar-refractivity contribution in [2.45, 2.75) is 47.0 Å². The minimum absolute atomic E-state index is 0.293. The fourth-order valence-electron chi connectivity index (χ4n) is 2.99. The quantitative estimate of drug-likeness (QED) is 0.418. The molecule has 0 aliphatic carbocycles. The summed E-state index contributed by atoms with van der Waals surface area (Å²) < 4.78 is 5.43. The van der Waals surface area contributed by atoms with E-state index in [0.717, 1.165) is 33.6 Å². The van der Waals surface area contributed by atoms with Gasteiger partial charge in [0.15, 0.2) is 0 Å². The lowest BCUT2D eigenvalue weighted by Gasteiger charge is -2.14. The molecule has 0 radical (unpaired) electrons. The van der Waals surface area contributed by atoms with Crippen LogP contribution in [0, 0.1) is 20.8 Å². The second kappa shape index (κ2) is 9.87. The van der Waals surface area contributed by atoms with Crippen molar-refractivity contribution in [1.29, 1.82) is 0 Å². The van der Waals surface area contributed by atoms with E-state index in [2.05, 4.69) is 29.7 Å². The highest BCUT2D eigenvalue weighted by molar-refractivity contribution is 6.04. The van der Waals surface area contributed by atoms with E-state index in [1.165, 1.54) is 0 Å². The predicted octanol–water partition coefficient (Wildman–Crippen LogP) is 4.22. The summed E-state index contributed by atoms with van der Waals surface area (Å²) in [7, 11) is 1.65. The Morgan fingerprint density at radius 2 is 1.79 bits per heavy atom. The van der Waals surface area contributed by atoms with Crippen molar-refractivity contribution in [1.82, 2.24) is 5.43 Å². The van der Waals surface area contributed by atoms with E-state index >= 15 is 0 Å². The van der Waals surface area contributed by atoms with E-state index in [9.17, 15) is 9.59 Å². The van der Waals surface area contributed by atoms with Crippen molar-refractivity contribution >= 4 is 23.7 Å². The average Bonchev–Trinajstić information content (AvgIpc) is 2.64. The summed E-state index contributed by atoms with van der Waals surface area (Å²) >= 11 is 0. The normalized spacial score (nSPS) is 11.0. The maximum atomic E-state index is 12.1. The Bertz CT molecular complexity index is 933. The molecular weight excluding hydrogens is 366 g/mol. The van der Waals surface area contributed by atoms with Gasteiger partial charge in [0.1, 0.15) is 12.2 Å². The molecule has 0 bridgehead atoms. The van der Waals surface area contributed by atoms with Crippen LogP contribution in [0.15, 0.2) is 35.4 Å². The third-order valence-electron chi connectivity index (χ3n) is 4.61. The van der Waals surface area contributed by atoms with E-state index in [-0.39, 0.29) is 12.3 Å². The Kier molecular flexibility index (Phi) is 7.53. The highest BCUT2D eigenvalue weighted by Gasteiger charge is 2.12. The van der Waals surface area contributed by atoms with Crippen LogP contribution in [-0.2, 0) is 9.59 Å². The number of methoxy groups -OCH3 is 1. The van der Waals surface area contributed by atoms with Crippen LogP contribution in [0.1, 0.15) is 54.0 Å². The summed E-state index contributed by atoms with van der Waals surface area (Å²) in [6, 6.07) is 9.67. The van der Waals surface area contributed by atoms with Crippen LogP contribution >= 0.6 is 0 Å². The molecule has 0 fully saturated rings. The summed E-state index contributed by atoms with van der Waals surface area (Å²) in [5.74, 6) is 0.272. The first-order valence-corrected chi connectivity index (χ1v) is 9.58. The molecule has 0 saturated carbocycles. The number of ether oxygens (including phenoxy) is 1. The fraction of sp³-hybridized carbons (Fsp3) is 0.348. The molecular formula is C23H29N3O3. The Morgan fingerprint density at radius 1 is 1.07 bits per heavy atom. The van der Waals surface area contributed by atoms with Gasteiger partial charge in [0.05, 0.1) is 13.3 Å². The minimum Gasteiger partial charge on any atom is -0.496 e. The number of hydrogen-bond donors (Lipinski definition) is 2. The molecule has 0 aromatic heterocycles. The monoisotopic (exact) mass is 395 g/mol. The number of anilines is 1. The molecule has 0 unspecified atom stereocenters. The number of aryl methyl sites for hydroxylation is 3. The van der Waals surface area contributed by atoms with Crippen LogP contribution in [0.25, 0.3) is 0 Å². The number of nitrogens with one attached hydrogen (secondary N) is 2. The number of rotatable bonds is 7. The first-order valence-electron chi connectivity index (χ1n) is 9.58. The van der Waals surface area contributed by atoms with Gasteiger partial charge in [0.25, 0.3) is 0 Å². The Hall–Kier alpha value is -3.15. The summed E-state index contributed by atoms with van der Waals surface area (Å²) in [4.78, 5) is 24.1. The van der Waals surface area contributed by atoms with E-state index < -0.39 is 5.91 Å². The number of carbonyl (C=O) groups is 2. The second-order valence-electron chi connectivity index (χ2n) is 7.44. The largest absolute Gasteiger partial charge is 0.496 e. The van der Waals surface area contributed by atoms with E-state index in [4.69, 9.17) is 4.74 Å². The number of nitrogens with zero attached hydrogens (tertiary/aromatic N) is 1. The molecule has 0 saturated heterocycles. The smallest absolute Gasteiger partial charge is 0.249 e. The van der Waals surface area contributed by atoms with Gasteiger partial charge in [-0.2, -0.15) is 5.10 Å². The molecule has 0 atom stereocenters. The van der Waals surface area contributed by atoms with Gasteiger partial charge in [0, 0.05) is 5.69 Å². The summed E-state index contributed by atoms with van der Waals surface area (Å²) in [5, 5.41) is 6.75. The number of benzene rings is 2. The minimum atomic E-state index is -0.473. The molecule has 2 rings (SSSR count). The second-order valence-corrected chi connectivity index (χ2v) is 7.44. The lowest BCUT2D eigenvalue weighted by molar-refractivity contribution is -0.126. The van der Waals surface area contributed by atoms with E-state index in [1.807, 2.05) is 51.1 Å². The zero-order valence-corrected chi connectivity index (χ0v) is 17.9. The van der Waals surface area contributed by atoms with Gasteiger partial charge in [-0.3, -0.25) is 9.59 Å². The molecule has 6 nitrogen and oxygen atoms in total. The van der Waals surface area contributed by atoms with Crippen LogP contribution in [0.2, 0.25) is 0 Å². The third kappa shape index (κ3) is 6.17. The van der Waals surface area contributed by atoms with Crippen molar-refractivity contribution in [3.05, 3.63) is 58.1 Å². The first kappa shape index (κ1) is 22.1. The lowest BCUT2D eigenvalue weighted by Crippen LogP contribution is -2.25. The van der Waals surface area contributed by atoms with Gasteiger partial charge in [-0.1, -0.05) is 31.5 Å². The molecule has 154 valence electrons. The molecule has 2 N–H and O–H groups in total. The SMILES string of the molecule is COc1cc(C)c(C=NNC(=O)CC(=O)Nc2ccc(C)cc2C)cc1C(C)C. The maximum absolute atomic E-state index is 12.1. The summed E-state index contributed by atoms with van der Waals surface area (Å²) in [6.07, 6.45) is 1.28. The van der Waals surface area contributed by atoms with Crippen molar-refractivity contribution in [2.24, 2.45) is 5.10 Å². The van der Waals surface area contributed by atoms with Crippen LogP contribution in [0.4, 0.5) is 5.69 Å². The molecule has 0 spiro atoms. The summed E-state index contributed by atoms with van der Waals surface area (Å²) in [5.41, 5.74) is 8.12. The molecule has 2 aromatic rings. The topological polar surface area (TPSA) is 79.8 Å². The molecule has 0 heterocycles. The van der Waals surface area contributed by atoms with Crippen molar-refractivity contribution in [3.63, 3.8) is 0 Å². The molecule has 2 amide bonds. The highest BCUT2D eigenvalue weighted by atomic mass is 16.5.